The summed E-state index contributed by atoms with van der Waals surface area (Å²) in [6, 6.07) is 4.22. The second kappa shape index (κ2) is 6.43. The van der Waals surface area contributed by atoms with E-state index >= 15 is 0 Å². The van der Waals surface area contributed by atoms with Crippen molar-refractivity contribution in [3.63, 3.8) is 0 Å². The Labute approximate surface area is 141 Å². The van der Waals surface area contributed by atoms with E-state index in [2.05, 4.69) is 46.2 Å². The van der Waals surface area contributed by atoms with Crippen LogP contribution in [0.25, 0.3) is 10.9 Å². The number of hydrogen-bond acceptors (Lipinski definition) is 3. The summed E-state index contributed by atoms with van der Waals surface area (Å²) < 4.78 is 0. The van der Waals surface area contributed by atoms with Crippen LogP contribution >= 0.6 is 0 Å². The Morgan fingerprint density at radius 2 is 2.04 bits per heavy atom. The number of aromatic amines is 1. The number of H-pyrrole nitrogens is 1. The normalized spacial score (nSPS) is 12.3. The Morgan fingerprint density at radius 3 is 2.75 bits per heavy atom. The molecule has 24 heavy (non-hydrogen) atoms. The second-order valence-electron chi connectivity index (χ2n) is 6.40. The lowest BCUT2D eigenvalue weighted by Crippen LogP contribution is -2.34. The van der Waals surface area contributed by atoms with E-state index in [0.29, 0.717) is 12.1 Å². The van der Waals surface area contributed by atoms with Gasteiger partial charge in [0.1, 0.15) is 5.69 Å². The number of amides is 1. The van der Waals surface area contributed by atoms with E-state index in [-0.39, 0.29) is 11.9 Å². The van der Waals surface area contributed by atoms with E-state index in [9.17, 15) is 4.79 Å². The van der Waals surface area contributed by atoms with Crippen molar-refractivity contribution in [2.75, 3.05) is 0 Å². The highest BCUT2D eigenvalue weighted by molar-refractivity contribution is 6.01. The van der Waals surface area contributed by atoms with Gasteiger partial charge in [-0.15, -0.1) is 0 Å². The molecule has 2 N–H and O–H groups in total. The zero-order chi connectivity index (χ0) is 17.3. The molecule has 0 spiro atoms. The zero-order valence-electron chi connectivity index (χ0n) is 14.5. The van der Waals surface area contributed by atoms with Gasteiger partial charge >= 0.3 is 0 Å². The fourth-order valence-electron chi connectivity index (χ4n) is 3.11. The largest absolute Gasteiger partial charge is 0.350 e. The maximum absolute atomic E-state index is 12.7. The molecule has 0 fully saturated rings. The van der Waals surface area contributed by atoms with Crippen LogP contribution < -0.4 is 5.32 Å². The molecule has 0 bridgehead atoms. The first kappa shape index (κ1) is 16.2. The summed E-state index contributed by atoms with van der Waals surface area (Å²) in [6.07, 6.45) is 5.68. The quantitative estimate of drug-likeness (QED) is 0.774. The van der Waals surface area contributed by atoms with Crippen molar-refractivity contribution in [3.05, 3.63) is 58.8 Å². The van der Waals surface area contributed by atoms with Gasteiger partial charge in [0.2, 0.25) is 0 Å². The number of carbonyl (C=O) groups excluding carboxylic acids is 1. The van der Waals surface area contributed by atoms with Crippen molar-refractivity contribution in [1.82, 2.24) is 20.3 Å². The van der Waals surface area contributed by atoms with Crippen molar-refractivity contribution >= 4 is 16.8 Å². The highest BCUT2D eigenvalue weighted by atomic mass is 16.1. The molecule has 2 aromatic heterocycles. The van der Waals surface area contributed by atoms with E-state index in [4.69, 9.17) is 0 Å². The summed E-state index contributed by atoms with van der Waals surface area (Å²) in [5, 5.41) is 4.15. The van der Waals surface area contributed by atoms with Crippen molar-refractivity contribution in [2.24, 2.45) is 0 Å². The van der Waals surface area contributed by atoms with Crippen molar-refractivity contribution in [1.29, 1.82) is 0 Å². The number of aromatic nitrogens is 3. The van der Waals surface area contributed by atoms with E-state index < -0.39 is 0 Å². The first-order chi connectivity index (χ1) is 11.5. The van der Waals surface area contributed by atoms with E-state index in [1.54, 1.807) is 18.6 Å². The number of nitrogens with zero attached hydrogens (tertiary/aromatic N) is 2. The summed E-state index contributed by atoms with van der Waals surface area (Å²) >= 11 is 0. The Hall–Kier alpha value is -2.69. The topological polar surface area (TPSA) is 70.7 Å². The molecule has 1 atom stereocenters. The van der Waals surface area contributed by atoms with Crippen molar-refractivity contribution in [2.45, 2.75) is 40.2 Å². The first-order valence-electron chi connectivity index (χ1n) is 8.11. The lowest BCUT2D eigenvalue weighted by molar-refractivity contribution is 0.0935. The standard InChI is InChI=1S/C19H22N4O/c1-11-7-12(2)17-16(8-11)14(4)18(23-17)19(24)22-13(3)9-15-10-20-5-6-21-15/h5-8,10,13,23H,9H2,1-4H3,(H,22,24). The molecule has 3 rings (SSSR count). The van der Waals surface area contributed by atoms with Crippen LogP contribution in [0.15, 0.2) is 30.7 Å². The fraction of sp³-hybridized carbons (Fsp3) is 0.316. The molecule has 3 aromatic rings. The molecule has 5 nitrogen and oxygen atoms in total. The fourth-order valence-corrected chi connectivity index (χ4v) is 3.11. The molecule has 1 aromatic carbocycles. The number of rotatable bonds is 4. The molecule has 1 amide bonds. The molecule has 5 heteroatoms. The molecule has 124 valence electrons. The Morgan fingerprint density at radius 1 is 1.25 bits per heavy atom. The second-order valence-corrected chi connectivity index (χ2v) is 6.40. The van der Waals surface area contributed by atoms with Crippen LogP contribution in [0.4, 0.5) is 0 Å². The van der Waals surface area contributed by atoms with Crippen LogP contribution in [-0.2, 0) is 6.42 Å². The average molecular weight is 322 g/mol. The summed E-state index contributed by atoms with van der Waals surface area (Å²) in [5.41, 5.74) is 5.87. The minimum atomic E-state index is -0.0860. The predicted molar refractivity (Wildman–Crippen MR) is 95.2 cm³/mol. The highest BCUT2D eigenvalue weighted by Crippen LogP contribution is 2.26. The molecule has 0 saturated heterocycles. The number of carbonyl (C=O) groups is 1. The lowest BCUT2D eigenvalue weighted by Gasteiger charge is -2.13. The first-order valence-corrected chi connectivity index (χ1v) is 8.11. The smallest absolute Gasteiger partial charge is 0.268 e. The van der Waals surface area contributed by atoms with Crippen LogP contribution in [-0.4, -0.2) is 26.9 Å². The Kier molecular flexibility index (Phi) is 4.34. The Balaban J connectivity index is 1.81. The molecule has 0 aliphatic carbocycles. The Bertz CT molecular complexity index is 883. The van der Waals surface area contributed by atoms with Gasteiger partial charge < -0.3 is 10.3 Å². The third kappa shape index (κ3) is 3.15. The number of aryl methyl sites for hydroxylation is 3. The van der Waals surface area contributed by atoms with Gasteiger partial charge in [-0.2, -0.15) is 0 Å². The third-order valence-corrected chi connectivity index (χ3v) is 4.25. The summed E-state index contributed by atoms with van der Waals surface area (Å²) in [5.74, 6) is -0.0860. The number of fused-ring (bicyclic) bond motifs is 1. The summed E-state index contributed by atoms with van der Waals surface area (Å²) in [7, 11) is 0. The zero-order valence-corrected chi connectivity index (χ0v) is 14.5. The van der Waals surface area contributed by atoms with Crippen LogP contribution in [0.5, 0.6) is 0 Å². The van der Waals surface area contributed by atoms with Crippen LogP contribution in [0.2, 0.25) is 0 Å². The van der Waals surface area contributed by atoms with Gasteiger partial charge in [0, 0.05) is 42.0 Å². The van der Waals surface area contributed by atoms with Gasteiger partial charge in [-0.05, 0) is 44.9 Å². The summed E-state index contributed by atoms with van der Waals surface area (Å²) in [6.45, 7) is 8.09. The van der Waals surface area contributed by atoms with Crippen LogP contribution in [0.3, 0.4) is 0 Å². The molecule has 0 saturated carbocycles. The van der Waals surface area contributed by atoms with Crippen LogP contribution in [0, 0.1) is 20.8 Å². The number of hydrogen-bond donors (Lipinski definition) is 2. The molecular weight excluding hydrogens is 300 g/mol. The maximum atomic E-state index is 12.7. The van der Waals surface area contributed by atoms with E-state index in [1.807, 2.05) is 13.8 Å². The molecule has 0 aliphatic heterocycles. The van der Waals surface area contributed by atoms with E-state index in [0.717, 1.165) is 27.7 Å². The minimum Gasteiger partial charge on any atom is -0.350 e. The molecule has 0 radical (unpaired) electrons. The monoisotopic (exact) mass is 322 g/mol. The molecule has 2 heterocycles. The van der Waals surface area contributed by atoms with E-state index in [1.165, 1.54) is 5.56 Å². The lowest BCUT2D eigenvalue weighted by atomic mass is 10.1. The molecule has 0 aliphatic rings. The number of nitrogens with one attached hydrogen (secondary N) is 2. The molecule has 1 unspecified atom stereocenters. The van der Waals surface area contributed by atoms with Gasteiger partial charge in [0.05, 0.1) is 5.69 Å². The SMILES string of the molecule is Cc1cc(C)c2[nH]c(C(=O)NC(C)Cc3cnccn3)c(C)c2c1. The van der Waals surface area contributed by atoms with Gasteiger partial charge in [-0.1, -0.05) is 11.6 Å². The average Bonchev–Trinajstić information content (AvgIpc) is 2.86. The van der Waals surface area contributed by atoms with Crippen molar-refractivity contribution in [3.8, 4) is 0 Å². The van der Waals surface area contributed by atoms with Gasteiger partial charge in [0.25, 0.3) is 5.91 Å². The van der Waals surface area contributed by atoms with Crippen molar-refractivity contribution < 1.29 is 4.79 Å². The molecular formula is C19H22N4O. The van der Waals surface area contributed by atoms with Gasteiger partial charge in [-0.3, -0.25) is 14.8 Å². The predicted octanol–water partition coefficient (Wildman–Crippen LogP) is 3.24. The minimum absolute atomic E-state index is 0.0251. The highest BCUT2D eigenvalue weighted by Gasteiger charge is 2.18. The maximum Gasteiger partial charge on any atom is 0.268 e. The summed E-state index contributed by atoms with van der Waals surface area (Å²) in [4.78, 5) is 24.2. The third-order valence-electron chi connectivity index (χ3n) is 4.25. The van der Waals surface area contributed by atoms with Gasteiger partial charge in [-0.25, -0.2) is 0 Å². The van der Waals surface area contributed by atoms with Gasteiger partial charge in [0.15, 0.2) is 0 Å². The number of benzene rings is 1. The van der Waals surface area contributed by atoms with Crippen LogP contribution in [0.1, 0.15) is 39.8 Å².